The van der Waals surface area contributed by atoms with Crippen LogP contribution in [-0.2, 0) is 28.5 Å². The average Bonchev–Trinajstić information content (AvgIpc) is 2.59. The number of hydrogen-bond donors (Lipinski definition) is 0. The van der Waals surface area contributed by atoms with Crippen LogP contribution in [0.15, 0.2) is 0 Å². The van der Waals surface area contributed by atoms with Crippen LogP contribution in [0.3, 0.4) is 0 Å². The third kappa shape index (κ3) is 19.3. The van der Waals surface area contributed by atoms with Crippen molar-refractivity contribution in [2.45, 2.75) is 39.0 Å². The molecule has 7 heteroatoms. The molecular formula is C17H33FO6. The molecule has 0 aliphatic carbocycles. The Morgan fingerprint density at radius 1 is 0.708 bits per heavy atom. The van der Waals surface area contributed by atoms with Crippen LogP contribution in [0.2, 0.25) is 0 Å². The Hall–Kier alpha value is -0.760. The molecule has 0 aromatic heterocycles. The van der Waals surface area contributed by atoms with Gasteiger partial charge in [-0.05, 0) is 6.42 Å². The number of hydrogen-bond acceptors (Lipinski definition) is 6. The van der Waals surface area contributed by atoms with Gasteiger partial charge in [0.15, 0.2) is 0 Å². The van der Waals surface area contributed by atoms with E-state index >= 15 is 0 Å². The molecule has 0 bridgehead atoms. The van der Waals surface area contributed by atoms with Gasteiger partial charge < -0.3 is 23.7 Å². The third-order valence-corrected chi connectivity index (χ3v) is 3.06. The first-order valence-corrected chi connectivity index (χ1v) is 8.83. The zero-order valence-electron chi connectivity index (χ0n) is 14.9. The summed E-state index contributed by atoms with van der Waals surface area (Å²) in [6.45, 7) is 5.13. The molecule has 0 N–H and O–H groups in total. The van der Waals surface area contributed by atoms with Crippen molar-refractivity contribution in [1.29, 1.82) is 0 Å². The van der Waals surface area contributed by atoms with Gasteiger partial charge in [-0.1, -0.05) is 26.2 Å². The SMILES string of the molecule is CCCCCCC(=O)OCCOCCOCCOCCOCCF. The van der Waals surface area contributed by atoms with Crippen LogP contribution in [0.5, 0.6) is 0 Å². The highest BCUT2D eigenvalue weighted by molar-refractivity contribution is 5.69. The Balaban J connectivity index is 3.08. The fraction of sp³-hybridized carbons (Fsp3) is 0.941. The van der Waals surface area contributed by atoms with Crippen molar-refractivity contribution in [1.82, 2.24) is 0 Å². The van der Waals surface area contributed by atoms with E-state index in [0.29, 0.717) is 52.7 Å². The molecule has 0 spiro atoms. The Morgan fingerprint density at radius 2 is 1.21 bits per heavy atom. The number of carbonyl (C=O) groups excluding carboxylic acids is 1. The number of alkyl halides is 1. The van der Waals surface area contributed by atoms with Crippen molar-refractivity contribution in [3.8, 4) is 0 Å². The zero-order valence-corrected chi connectivity index (χ0v) is 14.9. The topological polar surface area (TPSA) is 63.2 Å². The molecule has 0 fully saturated rings. The molecule has 0 aliphatic heterocycles. The summed E-state index contributed by atoms with van der Waals surface area (Å²) in [5.41, 5.74) is 0. The summed E-state index contributed by atoms with van der Waals surface area (Å²) in [6.07, 6.45) is 4.78. The molecule has 0 unspecified atom stereocenters. The number of rotatable bonds is 19. The molecule has 0 aliphatic rings. The molecule has 0 atom stereocenters. The van der Waals surface area contributed by atoms with Gasteiger partial charge in [0.25, 0.3) is 0 Å². The lowest BCUT2D eigenvalue weighted by Gasteiger charge is -2.07. The van der Waals surface area contributed by atoms with E-state index in [1.807, 2.05) is 0 Å². The summed E-state index contributed by atoms with van der Waals surface area (Å²) in [5, 5.41) is 0. The van der Waals surface area contributed by atoms with E-state index in [4.69, 9.17) is 23.7 Å². The van der Waals surface area contributed by atoms with Gasteiger partial charge >= 0.3 is 5.97 Å². The van der Waals surface area contributed by atoms with E-state index in [-0.39, 0.29) is 19.2 Å². The molecule has 0 saturated carbocycles. The van der Waals surface area contributed by atoms with Gasteiger partial charge in [0.05, 0.1) is 52.9 Å². The van der Waals surface area contributed by atoms with E-state index in [1.54, 1.807) is 0 Å². The molecule has 6 nitrogen and oxygen atoms in total. The molecule has 24 heavy (non-hydrogen) atoms. The summed E-state index contributed by atoms with van der Waals surface area (Å²) in [7, 11) is 0. The maximum atomic E-state index is 11.7. The molecule has 0 heterocycles. The molecule has 0 aromatic rings. The van der Waals surface area contributed by atoms with E-state index < -0.39 is 6.67 Å². The van der Waals surface area contributed by atoms with Crippen LogP contribution in [0.25, 0.3) is 0 Å². The monoisotopic (exact) mass is 352 g/mol. The molecule has 0 radical (unpaired) electrons. The van der Waals surface area contributed by atoms with E-state index in [0.717, 1.165) is 25.7 Å². The predicted molar refractivity (Wildman–Crippen MR) is 89.0 cm³/mol. The van der Waals surface area contributed by atoms with Gasteiger partial charge in [0.2, 0.25) is 0 Å². The highest BCUT2D eigenvalue weighted by Crippen LogP contribution is 2.03. The first-order chi connectivity index (χ1) is 11.8. The minimum atomic E-state index is -0.471. The number of ether oxygens (including phenoxy) is 5. The largest absolute Gasteiger partial charge is 0.463 e. The highest BCUT2D eigenvalue weighted by Gasteiger charge is 2.02. The second-order valence-corrected chi connectivity index (χ2v) is 5.17. The molecule has 0 amide bonds. The quantitative estimate of drug-likeness (QED) is 0.263. The summed E-state index contributed by atoms with van der Waals surface area (Å²) >= 11 is 0. The second-order valence-electron chi connectivity index (χ2n) is 5.17. The third-order valence-electron chi connectivity index (χ3n) is 3.06. The number of unbranched alkanes of at least 4 members (excludes halogenated alkanes) is 3. The molecule has 144 valence electrons. The lowest BCUT2D eigenvalue weighted by Crippen LogP contribution is -2.14. The van der Waals surface area contributed by atoms with Crippen LogP contribution in [0.1, 0.15) is 39.0 Å². The molecular weight excluding hydrogens is 319 g/mol. The Morgan fingerprint density at radius 3 is 1.71 bits per heavy atom. The zero-order chi connectivity index (χ0) is 17.7. The van der Waals surface area contributed by atoms with Crippen molar-refractivity contribution in [2.75, 3.05) is 66.1 Å². The van der Waals surface area contributed by atoms with Gasteiger partial charge in [-0.2, -0.15) is 0 Å². The van der Waals surface area contributed by atoms with Crippen LogP contribution in [0.4, 0.5) is 4.39 Å². The summed E-state index contributed by atoms with van der Waals surface area (Å²) in [4.78, 5) is 11.4. The first-order valence-electron chi connectivity index (χ1n) is 8.83. The van der Waals surface area contributed by atoms with Crippen molar-refractivity contribution >= 4 is 5.97 Å². The van der Waals surface area contributed by atoms with Gasteiger partial charge in [0.1, 0.15) is 13.3 Å². The smallest absolute Gasteiger partial charge is 0.305 e. The molecule has 0 saturated heterocycles. The van der Waals surface area contributed by atoms with Crippen molar-refractivity contribution in [2.24, 2.45) is 0 Å². The van der Waals surface area contributed by atoms with Crippen molar-refractivity contribution in [3.63, 3.8) is 0 Å². The standard InChI is InChI=1S/C17H33FO6/c1-2-3-4-5-6-17(19)24-16-15-23-14-13-22-12-11-21-10-9-20-8-7-18/h2-16H2,1H3. The van der Waals surface area contributed by atoms with E-state index in [2.05, 4.69) is 6.92 Å². The van der Waals surface area contributed by atoms with Crippen LogP contribution in [0, 0.1) is 0 Å². The minimum absolute atomic E-state index is 0.116. The summed E-state index contributed by atoms with van der Waals surface area (Å²) in [6, 6.07) is 0. The number of halogens is 1. The Kier molecular flexibility index (Phi) is 19.6. The number of esters is 1. The molecule has 0 rings (SSSR count). The second kappa shape index (κ2) is 20.3. The maximum Gasteiger partial charge on any atom is 0.305 e. The minimum Gasteiger partial charge on any atom is -0.463 e. The van der Waals surface area contributed by atoms with Gasteiger partial charge in [-0.25, -0.2) is 4.39 Å². The predicted octanol–water partition coefficient (Wildman–Crippen LogP) is 2.54. The van der Waals surface area contributed by atoms with E-state index in [9.17, 15) is 9.18 Å². The van der Waals surface area contributed by atoms with Gasteiger partial charge in [-0.15, -0.1) is 0 Å². The summed E-state index contributed by atoms with van der Waals surface area (Å²) in [5.74, 6) is -0.154. The Labute approximate surface area is 144 Å². The summed E-state index contributed by atoms with van der Waals surface area (Å²) < 4.78 is 37.5. The molecule has 0 aromatic carbocycles. The van der Waals surface area contributed by atoms with Crippen LogP contribution >= 0.6 is 0 Å². The van der Waals surface area contributed by atoms with Gasteiger partial charge in [0, 0.05) is 6.42 Å². The lowest BCUT2D eigenvalue weighted by atomic mass is 10.2. The van der Waals surface area contributed by atoms with Crippen LogP contribution < -0.4 is 0 Å². The Bertz CT molecular complexity index is 265. The van der Waals surface area contributed by atoms with Crippen molar-refractivity contribution < 1.29 is 32.9 Å². The fourth-order valence-electron chi connectivity index (χ4n) is 1.80. The van der Waals surface area contributed by atoms with Crippen LogP contribution in [-0.4, -0.2) is 72.1 Å². The lowest BCUT2D eigenvalue weighted by molar-refractivity contribution is -0.145. The average molecular weight is 352 g/mol. The highest BCUT2D eigenvalue weighted by atomic mass is 19.1. The number of carbonyl (C=O) groups is 1. The maximum absolute atomic E-state index is 11.7. The fourth-order valence-corrected chi connectivity index (χ4v) is 1.80. The van der Waals surface area contributed by atoms with E-state index in [1.165, 1.54) is 0 Å². The first kappa shape index (κ1) is 23.2. The van der Waals surface area contributed by atoms with Crippen molar-refractivity contribution in [3.05, 3.63) is 0 Å². The van der Waals surface area contributed by atoms with Gasteiger partial charge in [-0.3, -0.25) is 4.79 Å². The normalized spacial score (nSPS) is 10.9.